The molecule has 7 heteroatoms. The van der Waals surface area contributed by atoms with Gasteiger partial charge < -0.3 is 25.4 Å². The summed E-state index contributed by atoms with van der Waals surface area (Å²) in [6.45, 7) is 4.73. The predicted octanol–water partition coefficient (Wildman–Crippen LogP) is 1.92. The molecule has 0 spiro atoms. The first-order valence-corrected chi connectivity index (χ1v) is 9.55. The van der Waals surface area contributed by atoms with Crippen LogP contribution in [-0.4, -0.2) is 52.2 Å². The van der Waals surface area contributed by atoms with Gasteiger partial charge in [0.05, 0.1) is 12.0 Å². The standard InChI is InChI=1S/C7H12O2.C7H12O.C5H9NO3/c1-5-2-3-6(4-5)7(8)9;1-6-2-3-7(4-6)5-8;7-3-1-4(5(8)9)6-2-3/h5-6H,2-4H2,1H3,(H,8,9);5-7H,2-4H2,1H3;3-4,6-7H,1-2H2,(H,8,9). The molecule has 150 valence electrons. The third-order valence-electron chi connectivity index (χ3n) is 5.38. The van der Waals surface area contributed by atoms with Gasteiger partial charge in [-0.05, 0) is 43.9 Å². The van der Waals surface area contributed by atoms with Crippen LogP contribution in [0.15, 0.2) is 0 Å². The van der Waals surface area contributed by atoms with Crippen molar-refractivity contribution in [2.24, 2.45) is 23.7 Å². The minimum absolute atomic E-state index is 0.0417. The van der Waals surface area contributed by atoms with E-state index in [9.17, 15) is 14.4 Å². The number of carboxylic acid groups (broad SMARTS) is 2. The molecule has 0 amide bonds. The maximum atomic E-state index is 10.3. The summed E-state index contributed by atoms with van der Waals surface area (Å²) in [6.07, 6.45) is 7.32. The number of carbonyl (C=O) groups is 3. The van der Waals surface area contributed by atoms with E-state index in [0.29, 0.717) is 24.8 Å². The smallest absolute Gasteiger partial charge is 0.320 e. The van der Waals surface area contributed by atoms with Crippen LogP contribution in [0.5, 0.6) is 0 Å². The summed E-state index contributed by atoms with van der Waals surface area (Å²) in [7, 11) is 0. The third-order valence-corrected chi connectivity index (χ3v) is 5.38. The Kier molecular flexibility index (Phi) is 9.80. The molecule has 1 heterocycles. The summed E-state index contributed by atoms with van der Waals surface area (Å²) in [4.78, 5) is 30.7. The monoisotopic (exact) mass is 371 g/mol. The summed E-state index contributed by atoms with van der Waals surface area (Å²) in [5.74, 6) is 0.284. The molecule has 0 aromatic carbocycles. The summed E-state index contributed by atoms with van der Waals surface area (Å²) in [6, 6.07) is -0.542. The van der Waals surface area contributed by atoms with E-state index < -0.39 is 24.1 Å². The highest BCUT2D eigenvalue weighted by molar-refractivity contribution is 5.73. The number of aliphatic hydroxyl groups excluding tert-OH is 1. The Hall–Kier alpha value is -1.47. The Morgan fingerprint density at radius 2 is 1.54 bits per heavy atom. The highest BCUT2D eigenvalue weighted by Crippen LogP contribution is 2.30. The van der Waals surface area contributed by atoms with Crippen LogP contribution in [0.2, 0.25) is 0 Å². The molecule has 0 aromatic heterocycles. The highest BCUT2D eigenvalue weighted by atomic mass is 16.4. The zero-order valence-electron chi connectivity index (χ0n) is 15.8. The Morgan fingerprint density at radius 1 is 0.923 bits per heavy atom. The van der Waals surface area contributed by atoms with Crippen molar-refractivity contribution in [3.8, 4) is 0 Å². The van der Waals surface area contributed by atoms with Gasteiger partial charge in [0.1, 0.15) is 12.3 Å². The van der Waals surface area contributed by atoms with E-state index >= 15 is 0 Å². The molecule has 2 aliphatic carbocycles. The van der Waals surface area contributed by atoms with Crippen LogP contribution in [0.25, 0.3) is 0 Å². The van der Waals surface area contributed by atoms with Gasteiger partial charge >= 0.3 is 11.9 Å². The minimum Gasteiger partial charge on any atom is -0.481 e. The van der Waals surface area contributed by atoms with Crippen molar-refractivity contribution in [1.29, 1.82) is 0 Å². The number of carbonyl (C=O) groups excluding carboxylic acids is 1. The second-order valence-corrected chi connectivity index (χ2v) is 7.96. The molecular weight excluding hydrogens is 338 g/mol. The van der Waals surface area contributed by atoms with Gasteiger partial charge in [0.2, 0.25) is 0 Å². The lowest BCUT2D eigenvalue weighted by Gasteiger charge is -1.99. The Labute approximate surface area is 155 Å². The van der Waals surface area contributed by atoms with Gasteiger partial charge in [-0.25, -0.2) is 0 Å². The van der Waals surface area contributed by atoms with Crippen LogP contribution in [0.4, 0.5) is 0 Å². The molecule has 0 bridgehead atoms. The molecule has 3 rings (SSSR count). The first-order valence-electron chi connectivity index (χ1n) is 9.55. The second-order valence-electron chi connectivity index (χ2n) is 7.96. The van der Waals surface area contributed by atoms with Crippen LogP contribution in [0, 0.1) is 23.7 Å². The number of hydrogen-bond donors (Lipinski definition) is 4. The minimum atomic E-state index is -0.883. The molecule has 2 saturated carbocycles. The maximum Gasteiger partial charge on any atom is 0.320 e. The molecule has 1 aliphatic heterocycles. The van der Waals surface area contributed by atoms with E-state index in [0.717, 1.165) is 44.3 Å². The molecule has 1 saturated heterocycles. The fraction of sp³-hybridized carbons (Fsp3) is 0.842. The lowest BCUT2D eigenvalue weighted by molar-refractivity contribution is -0.141. The van der Waals surface area contributed by atoms with Gasteiger partial charge in [0.15, 0.2) is 0 Å². The maximum absolute atomic E-state index is 10.3. The van der Waals surface area contributed by atoms with Gasteiger partial charge in [0.25, 0.3) is 0 Å². The van der Waals surface area contributed by atoms with Crippen molar-refractivity contribution in [2.75, 3.05) is 6.54 Å². The normalized spacial score (nSPS) is 35.7. The van der Waals surface area contributed by atoms with E-state index in [1.165, 1.54) is 6.42 Å². The quantitative estimate of drug-likeness (QED) is 0.559. The Morgan fingerprint density at radius 3 is 1.77 bits per heavy atom. The van der Waals surface area contributed by atoms with Crippen LogP contribution >= 0.6 is 0 Å². The molecule has 6 unspecified atom stereocenters. The summed E-state index contributed by atoms with van der Waals surface area (Å²) >= 11 is 0. The van der Waals surface area contributed by atoms with Gasteiger partial charge in [-0.1, -0.05) is 20.3 Å². The predicted molar refractivity (Wildman–Crippen MR) is 96.8 cm³/mol. The first kappa shape index (κ1) is 22.6. The largest absolute Gasteiger partial charge is 0.481 e. The SMILES string of the molecule is CC1CCC(C(=O)O)C1.CC1CCC(C=O)C1.O=C(O)C1CC(O)CN1. The summed E-state index contributed by atoms with van der Waals surface area (Å²) in [5.41, 5.74) is 0. The molecule has 0 aromatic rings. The van der Waals surface area contributed by atoms with Crippen LogP contribution in [0.3, 0.4) is 0 Å². The lowest BCUT2D eigenvalue weighted by atomic mass is 10.1. The fourth-order valence-electron chi connectivity index (χ4n) is 3.71. The van der Waals surface area contributed by atoms with Crippen molar-refractivity contribution in [3.05, 3.63) is 0 Å². The lowest BCUT2D eigenvalue weighted by Crippen LogP contribution is -2.29. The van der Waals surface area contributed by atoms with Gasteiger partial charge in [-0.15, -0.1) is 0 Å². The van der Waals surface area contributed by atoms with Crippen LogP contribution < -0.4 is 5.32 Å². The molecule has 0 radical (unpaired) electrons. The molecule has 6 atom stereocenters. The number of aldehydes is 1. The summed E-state index contributed by atoms with van der Waals surface area (Å²) in [5, 5.41) is 28.4. The van der Waals surface area contributed by atoms with Crippen molar-refractivity contribution >= 4 is 18.2 Å². The molecule has 4 N–H and O–H groups in total. The zero-order valence-corrected chi connectivity index (χ0v) is 15.8. The first-order chi connectivity index (χ1) is 12.2. The average molecular weight is 371 g/mol. The number of β-amino-alcohol motifs (C(OH)–C–C–N with tert-alkyl or cyclic N) is 1. The highest BCUT2D eigenvalue weighted by Gasteiger charge is 2.27. The van der Waals surface area contributed by atoms with Gasteiger partial charge in [-0.2, -0.15) is 0 Å². The van der Waals surface area contributed by atoms with Crippen LogP contribution in [-0.2, 0) is 14.4 Å². The van der Waals surface area contributed by atoms with E-state index in [2.05, 4.69) is 19.2 Å². The number of nitrogens with one attached hydrogen (secondary N) is 1. The van der Waals surface area contributed by atoms with Crippen LogP contribution in [0.1, 0.15) is 58.8 Å². The number of aliphatic carboxylic acids is 2. The molecule has 3 fully saturated rings. The number of aliphatic hydroxyl groups is 1. The Balaban J connectivity index is 0.000000195. The van der Waals surface area contributed by atoms with Crippen molar-refractivity contribution in [3.63, 3.8) is 0 Å². The fourth-order valence-corrected chi connectivity index (χ4v) is 3.71. The number of hydrogen-bond acceptors (Lipinski definition) is 5. The van der Waals surface area contributed by atoms with Gasteiger partial charge in [0, 0.05) is 18.9 Å². The molecule has 7 nitrogen and oxygen atoms in total. The molecule has 26 heavy (non-hydrogen) atoms. The Bertz CT molecular complexity index is 439. The van der Waals surface area contributed by atoms with Gasteiger partial charge in [-0.3, -0.25) is 9.59 Å². The summed E-state index contributed by atoms with van der Waals surface area (Å²) < 4.78 is 0. The molecule has 3 aliphatic rings. The topological polar surface area (TPSA) is 124 Å². The number of carboxylic acids is 2. The van der Waals surface area contributed by atoms with E-state index in [4.69, 9.17) is 15.3 Å². The van der Waals surface area contributed by atoms with E-state index in [1.807, 2.05) is 0 Å². The second kappa shape index (κ2) is 11.3. The zero-order chi connectivity index (χ0) is 19.7. The third kappa shape index (κ3) is 8.27. The van der Waals surface area contributed by atoms with Crippen molar-refractivity contribution in [2.45, 2.75) is 70.9 Å². The van der Waals surface area contributed by atoms with Crippen molar-refractivity contribution < 1.29 is 29.7 Å². The van der Waals surface area contributed by atoms with E-state index in [-0.39, 0.29) is 5.92 Å². The molecular formula is C19H33NO6. The average Bonchev–Trinajstić information content (AvgIpc) is 3.30. The number of rotatable bonds is 3. The van der Waals surface area contributed by atoms with Crippen molar-refractivity contribution in [1.82, 2.24) is 5.32 Å². The van der Waals surface area contributed by atoms with E-state index in [1.54, 1.807) is 0 Å².